The molecule has 0 amide bonds. The second kappa shape index (κ2) is 9.74. The first kappa shape index (κ1) is 22.3. The number of carbonyl (C=O) groups is 1. The topological polar surface area (TPSA) is 54.0 Å². The van der Waals surface area contributed by atoms with E-state index >= 15 is 0 Å². The fourth-order valence-corrected chi connectivity index (χ4v) is 3.69. The maximum absolute atomic E-state index is 12.6. The van der Waals surface area contributed by atoms with Gasteiger partial charge in [0.1, 0.15) is 18.1 Å². The molecule has 0 radical (unpaired) electrons. The summed E-state index contributed by atoms with van der Waals surface area (Å²) in [5, 5.41) is 1.04. The molecular weight excluding hydrogens is 475 g/mol. The molecule has 5 nitrogen and oxygen atoms in total. The summed E-state index contributed by atoms with van der Waals surface area (Å²) in [5.74, 6) is 2.09. The Morgan fingerprint density at radius 3 is 2.53 bits per heavy atom. The average molecular weight is 492 g/mol. The summed E-state index contributed by atoms with van der Waals surface area (Å²) in [6.07, 6.45) is 3.22. The molecule has 3 aromatic carbocycles. The molecular formula is C24H17Cl3O5. The molecule has 0 saturated carbocycles. The molecule has 1 aliphatic heterocycles. The van der Waals surface area contributed by atoms with Crippen molar-refractivity contribution < 1.29 is 23.7 Å². The number of hydrogen-bond acceptors (Lipinski definition) is 5. The zero-order chi connectivity index (χ0) is 22.7. The Balaban J connectivity index is 1.50. The molecule has 1 heterocycles. The predicted molar refractivity (Wildman–Crippen MR) is 125 cm³/mol. The van der Waals surface area contributed by atoms with Gasteiger partial charge in [-0.05, 0) is 48.0 Å². The molecule has 4 rings (SSSR count). The maximum Gasteiger partial charge on any atom is 0.231 e. The zero-order valence-electron chi connectivity index (χ0n) is 16.9. The number of fused-ring (bicyclic) bond motifs is 1. The van der Waals surface area contributed by atoms with E-state index in [-0.39, 0.29) is 19.2 Å². The lowest BCUT2D eigenvalue weighted by Crippen LogP contribution is -2.00. The number of carbonyl (C=O) groups excluding carboxylic acids is 1. The van der Waals surface area contributed by atoms with E-state index in [9.17, 15) is 4.79 Å². The van der Waals surface area contributed by atoms with Gasteiger partial charge in [0, 0.05) is 17.2 Å². The van der Waals surface area contributed by atoms with Crippen molar-refractivity contribution in [2.75, 3.05) is 13.9 Å². The highest BCUT2D eigenvalue weighted by atomic mass is 35.5. The van der Waals surface area contributed by atoms with Crippen LogP contribution in [0.2, 0.25) is 15.1 Å². The van der Waals surface area contributed by atoms with Crippen LogP contribution in [-0.4, -0.2) is 19.7 Å². The van der Waals surface area contributed by atoms with Crippen LogP contribution in [0.3, 0.4) is 0 Å². The Morgan fingerprint density at radius 2 is 1.72 bits per heavy atom. The SMILES string of the molecule is COc1ccc(/C=C/C(=O)c2ccc3c(c2)OCO3)cc1COc1cc(Cl)c(Cl)cc1Cl. The van der Waals surface area contributed by atoms with E-state index in [1.807, 2.05) is 12.1 Å². The minimum Gasteiger partial charge on any atom is -0.496 e. The largest absolute Gasteiger partial charge is 0.496 e. The quantitative estimate of drug-likeness (QED) is 0.205. The third kappa shape index (κ3) is 4.96. The lowest BCUT2D eigenvalue weighted by Gasteiger charge is -2.13. The molecule has 8 heteroatoms. The van der Waals surface area contributed by atoms with Gasteiger partial charge in [0.15, 0.2) is 17.3 Å². The average Bonchev–Trinajstić information content (AvgIpc) is 3.27. The van der Waals surface area contributed by atoms with Gasteiger partial charge in [-0.1, -0.05) is 46.9 Å². The number of methoxy groups -OCH3 is 1. The van der Waals surface area contributed by atoms with Gasteiger partial charge in [-0.15, -0.1) is 0 Å². The smallest absolute Gasteiger partial charge is 0.231 e. The van der Waals surface area contributed by atoms with Crippen LogP contribution >= 0.6 is 34.8 Å². The second-order valence-corrected chi connectivity index (χ2v) is 8.04. The zero-order valence-corrected chi connectivity index (χ0v) is 19.1. The number of benzene rings is 3. The van der Waals surface area contributed by atoms with E-state index in [1.165, 1.54) is 12.1 Å². The van der Waals surface area contributed by atoms with Crippen LogP contribution in [0.1, 0.15) is 21.5 Å². The molecule has 0 spiro atoms. The number of ether oxygens (including phenoxy) is 4. The summed E-state index contributed by atoms with van der Waals surface area (Å²) in [6, 6.07) is 13.7. The highest BCUT2D eigenvalue weighted by molar-refractivity contribution is 6.43. The van der Waals surface area contributed by atoms with Crippen molar-refractivity contribution >= 4 is 46.7 Å². The third-order valence-corrected chi connectivity index (χ3v) is 5.76. The van der Waals surface area contributed by atoms with Crippen LogP contribution in [0, 0.1) is 0 Å². The Morgan fingerprint density at radius 1 is 0.938 bits per heavy atom. The Labute approximate surface area is 200 Å². The molecule has 0 unspecified atom stereocenters. The standard InChI is InChI=1S/C24H17Cl3O5/c1-29-21-6-3-14(2-5-20(28)15-4-7-22-24(9-15)32-13-31-22)8-16(21)12-30-23-11-18(26)17(25)10-19(23)27/h2-11H,12-13H2,1H3/b5-2+. The predicted octanol–water partition coefficient (Wildman–Crippen LogP) is 6.86. The molecule has 0 aliphatic carbocycles. The molecule has 0 aromatic heterocycles. The summed E-state index contributed by atoms with van der Waals surface area (Å²) in [4.78, 5) is 12.6. The summed E-state index contributed by atoms with van der Waals surface area (Å²) >= 11 is 18.2. The van der Waals surface area contributed by atoms with Crippen molar-refractivity contribution in [2.24, 2.45) is 0 Å². The van der Waals surface area contributed by atoms with Crippen LogP contribution in [-0.2, 0) is 6.61 Å². The van der Waals surface area contributed by atoms with Crippen LogP contribution in [0.25, 0.3) is 6.08 Å². The lowest BCUT2D eigenvalue weighted by atomic mass is 10.1. The fourth-order valence-electron chi connectivity index (χ4n) is 3.10. The normalized spacial score (nSPS) is 12.2. The summed E-state index contributed by atoms with van der Waals surface area (Å²) in [7, 11) is 1.57. The molecule has 0 atom stereocenters. The first-order valence-corrected chi connectivity index (χ1v) is 10.6. The van der Waals surface area contributed by atoms with Gasteiger partial charge in [0.25, 0.3) is 0 Å². The number of allylic oxidation sites excluding steroid dienone is 1. The van der Waals surface area contributed by atoms with Gasteiger partial charge in [0.05, 0.1) is 22.2 Å². The molecule has 0 saturated heterocycles. The molecule has 32 heavy (non-hydrogen) atoms. The Hall–Kier alpha value is -2.86. The molecule has 0 fully saturated rings. The summed E-state index contributed by atoms with van der Waals surface area (Å²) in [6.45, 7) is 0.339. The van der Waals surface area contributed by atoms with E-state index in [0.29, 0.717) is 43.6 Å². The van der Waals surface area contributed by atoms with Crippen LogP contribution in [0.5, 0.6) is 23.0 Å². The van der Waals surface area contributed by atoms with Gasteiger partial charge < -0.3 is 18.9 Å². The van der Waals surface area contributed by atoms with E-state index in [1.54, 1.807) is 43.5 Å². The molecule has 3 aromatic rings. The third-order valence-electron chi connectivity index (χ3n) is 4.75. The summed E-state index contributed by atoms with van der Waals surface area (Å²) < 4.78 is 21.8. The van der Waals surface area contributed by atoms with Crippen molar-refractivity contribution in [3.8, 4) is 23.0 Å². The van der Waals surface area contributed by atoms with Gasteiger partial charge in [0.2, 0.25) is 6.79 Å². The van der Waals surface area contributed by atoms with Crippen molar-refractivity contribution in [3.63, 3.8) is 0 Å². The van der Waals surface area contributed by atoms with E-state index in [4.69, 9.17) is 53.8 Å². The maximum atomic E-state index is 12.6. The van der Waals surface area contributed by atoms with Crippen molar-refractivity contribution in [1.82, 2.24) is 0 Å². The first-order valence-electron chi connectivity index (χ1n) is 9.51. The van der Waals surface area contributed by atoms with Crippen molar-refractivity contribution in [2.45, 2.75) is 6.61 Å². The monoisotopic (exact) mass is 490 g/mol. The highest BCUT2D eigenvalue weighted by Gasteiger charge is 2.15. The summed E-state index contributed by atoms with van der Waals surface area (Å²) in [5.41, 5.74) is 2.09. The number of halogens is 3. The minimum atomic E-state index is -0.153. The van der Waals surface area contributed by atoms with E-state index in [0.717, 1.165) is 11.1 Å². The Kier molecular flexibility index (Phi) is 6.80. The minimum absolute atomic E-state index is 0.153. The second-order valence-electron chi connectivity index (χ2n) is 6.82. The van der Waals surface area contributed by atoms with E-state index < -0.39 is 0 Å². The lowest BCUT2D eigenvalue weighted by molar-refractivity contribution is 0.104. The van der Waals surface area contributed by atoms with Crippen molar-refractivity contribution in [1.29, 1.82) is 0 Å². The van der Waals surface area contributed by atoms with Crippen LogP contribution in [0.4, 0.5) is 0 Å². The number of ketones is 1. The van der Waals surface area contributed by atoms with Gasteiger partial charge >= 0.3 is 0 Å². The van der Waals surface area contributed by atoms with Gasteiger partial charge in [-0.3, -0.25) is 4.79 Å². The molecule has 164 valence electrons. The van der Waals surface area contributed by atoms with Crippen LogP contribution in [0.15, 0.2) is 54.6 Å². The number of rotatable bonds is 7. The number of hydrogen-bond donors (Lipinski definition) is 0. The molecule has 1 aliphatic rings. The first-order chi connectivity index (χ1) is 15.4. The molecule has 0 N–H and O–H groups in total. The van der Waals surface area contributed by atoms with Crippen molar-refractivity contribution in [3.05, 3.63) is 86.4 Å². The van der Waals surface area contributed by atoms with Gasteiger partial charge in [-0.25, -0.2) is 0 Å². The fraction of sp³-hybridized carbons (Fsp3) is 0.125. The Bertz CT molecular complexity index is 1210. The van der Waals surface area contributed by atoms with E-state index in [2.05, 4.69) is 0 Å². The van der Waals surface area contributed by atoms with Crippen LogP contribution < -0.4 is 18.9 Å². The van der Waals surface area contributed by atoms with Gasteiger partial charge in [-0.2, -0.15) is 0 Å². The highest BCUT2D eigenvalue weighted by Crippen LogP contribution is 2.35. The molecule has 0 bridgehead atoms.